The van der Waals surface area contributed by atoms with Crippen LogP contribution in [0.3, 0.4) is 0 Å². The van der Waals surface area contributed by atoms with Gasteiger partial charge in [-0.1, -0.05) is 50.8 Å². The number of hydrogen-bond acceptors (Lipinski definition) is 2. The molecule has 0 aliphatic heterocycles. The van der Waals surface area contributed by atoms with E-state index in [2.05, 4.69) is 16.6 Å². The van der Waals surface area contributed by atoms with Crippen molar-refractivity contribution in [1.29, 1.82) is 0 Å². The molecule has 0 atom stereocenters. The molecule has 0 N–H and O–H groups in total. The molecule has 1 aromatic heterocycles. The Morgan fingerprint density at radius 1 is 0.780 bits per heavy atom. The minimum absolute atomic E-state index is 0.0313. The largest absolute Gasteiger partial charge is 0.432 e. The molecule has 50 heavy (non-hydrogen) atoms. The van der Waals surface area contributed by atoms with E-state index in [4.69, 9.17) is 0 Å². The molecule has 0 unspecified atom stereocenters. The lowest BCUT2D eigenvalue weighted by Crippen LogP contribution is -2.25. The van der Waals surface area contributed by atoms with E-state index in [0.717, 1.165) is 24.3 Å². The zero-order valence-electron chi connectivity index (χ0n) is 27.3. The van der Waals surface area contributed by atoms with Crippen molar-refractivity contribution in [1.82, 2.24) is 4.98 Å². The maximum Gasteiger partial charge on any atom is 0.432 e. The smallest absolute Gasteiger partial charge is 0.429 e. The van der Waals surface area contributed by atoms with Crippen LogP contribution in [0.25, 0.3) is 17.3 Å². The van der Waals surface area contributed by atoms with Gasteiger partial charge in [-0.25, -0.2) is 30.7 Å². The van der Waals surface area contributed by atoms with E-state index in [1.54, 1.807) is 12.3 Å². The number of hydrogen-bond donors (Lipinski definition) is 0. The van der Waals surface area contributed by atoms with Crippen molar-refractivity contribution in [2.24, 2.45) is 5.92 Å². The number of alkyl halides is 2. The molecule has 0 spiro atoms. The number of aryl methyl sites for hydroxylation is 1. The summed E-state index contributed by atoms with van der Waals surface area (Å²) < 4.78 is 132. The lowest BCUT2D eigenvalue weighted by molar-refractivity contribution is -0.189. The molecule has 1 saturated carbocycles. The number of halogens is 9. The van der Waals surface area contributed by atoms with Crippen molar-refractivity contribution < 1.29 is 44.3 Å². The van der Waals surface area contributed by atoms with Gasteiger partial charge in [0.2, 0.25) is 0 Å². The van der Waals surface area contributed by atoms with Crippen molar-refractivity contribution in [2.45, 2.75) is 83.2 Å². The van der Waals surface area contributed by atoms with Crippen LogP contribution in [0.5, 0.6) is 5.75 Å². The second-order valence-corrected chi connectivity index (χ2v) is 12.7. The number of rotatable bonds is 13. The zero-order valence-corrected chi connectivity index (χ0v) is 27.3. The van der Waals surface area contributed by atoms with Gasteiger partial charge in [-0.15, -0.1) is 0 Å². The second-order valence-electron chi connectivity index (χ2n) is 12.7. The lowest BCUT2D eigenvalue weighted by Gasteiger charge is -2.28. The standard InChI is InChI=1S/C39H36F9NO/c1-2-3-4-7-23-10-12-25(13-11-23)26-14-15-36(49-22-26)27-18-30(40)29(31(41)19-27)9-6-5-8-24-16-32(42)37(33(43)17-24)39(47,48)50-28-20-34(44)38(46)35(45)21-28/h6,9,14-23,25H,2-5,7-8,10-13H2,1H3/b9-6+. The molecule has 1 aliphatic rings. The maximum absolute atomic E-state index is 15.0. The quantitative estimate of drug-likeness (QED) is 0.0785. The van der Waals surface area contributed by atoms with Gasteiger partial charge in [-0.05, 0) is 91.8 Å². The van der Waals surface area contributed by atoms with Crippen molar-refractivity contribution in [2.75, 3.05) is 0 Å². The van der Waals surface area contributed by atoms with Crippen LogP contribution in [0.4, 0.5) is 39.5 Å². The van der Waals surface area contributed by atoms with Crippen LogP contribution in [0.2, 0.25) is 0 Å². The molecule has 2 nitrogen and oxygen atoms in total. The number of nitrogens with zero attached hydrogens (tertiary/aromatic N) is 1. The average molecular weight is 706 g/mol. The second kappa shape index (κ2) is 16.2. The van der Waals surface area contributed by atoms with E-state index >= 15 is 0 Å². The van der Waals surface area contributed by atoms with E-state index in [0.29, 0.717) is 23.7 Å². The fourth-order valence-corrected chi connectivity index (χ4v) is 6.47. The summed E-state index contributed by atoms with van der Waals surface area (Å²) in [4.78, 5) is 4.48. The van der Waals surface area contributed by atoms with Gasteiger partial charge in [0.1, 0.15) is 34.6 Å². The Labute approximate surface area is 285 Å². The average Bonchev–Trinajstić information content (AvgIpc) is 3.06. The first kappa shape index (κ1) is 37.0. The SMILES string of the molecule is CCCCCC1CCC(c2ccc(-c3cc(F)c(/C=C/CCc4cc(F)c(C(F)(F)Oc5cc(F)c(F)c(F)c5)c(F)c4)c(F)c3)nc2)CC1. The monoisotopic (exact) mass is 705 g/mol. The van der Waals surface area contributed by atoms with Crippen LogP contribution in [0.15, 0.2) is 60.8 Å². The van der Waals surface area contributed by atoms with Crippen molar-refractivity contribution in [3.8, 4) is 17.0 Å². The van der Waals surface area contributed by atoms with Crippen LogP contribution < -0.4 is 4.74 Å². The van der Waals surface area contributed by atoms with Gasteiger partial charge in [0.05, 0.1) is 5.69 Å². The first-order chi connectivity index (χ1) is 23.9. The molecule has 5 rings (SSSR count). The molecule has 11 heteroatoms. The molecule has 3 aromatic carbocycles. The van der Waals surface area contributed by atoms with Crippen molar-refractivity contribution in [3.05, 3.63) is 124 Å². The van der Waals surface area contributed by atoms with Gasteiger partial charge < -0.3 is 4.74 Å². The number of aromatic nitrogens is 1. The van der Waals surface area contributed by atoms with Crippen LogP contribution in [-0.4, -0.2) is 4.98 Å². The Morgan fingerprint density at radius 3 is 2.00 bits per heavy atom. The summed E-state index contributed by atoms with van der Waals surface area (Å²) in [7, 11) is 0. The van der Waals surface area contributed by atoms with Gasteiger partial charge in [-0.3, -0.25) is 4.98 Å². The fourth-order valence-electron chi connectivity index (χ4n) is 6.47. The van der Waals surface area contributed by atoms with Gasteiger partial charge in [0, 0.05) is 29.5 Å². The summed E-state index contributed by atoms with van der Waals surface area (Å²) in [6.07, 6.45) is 9.21. The Morgan fingerprint density at radius 2 is 1.42 bits per heavy atom. The molecule has 0 saturated heterocycles. The van der Waals surface area contributed by atoms with Crippen molar-refractivity contribution in [3.63, 3.8) is 0 Å². The minimum Gasteiger partial charge on any atom is -0.429 e. The Kier molecular flexibility index (Phi) is 12.0. The number of ether oxygens (including phenoxy) is 1. The zero-order chi connectivity index (χ0) is 36.0. The fraction of sp³-hybridized carbons (Fsp3) is 0.359. The molecular formula is C39H36F9NO. The number of unbranched alkanes of at least 4 members (excludes halogenated alkanes) is 2. The molecule has 266 valence electrons. The first-order valence-electron chi connectivity index (χ1n) is 16.7. The summed E-state index contributed by atoms with van der Waals surface area (Å²) in [6, 6.07) is 7.52. The van der Waals surface area contributed by atoms with E-state index in [9.17, 15) is 39.5 Å². The van der Waals surface area contributed by atoms with Crippen LogP contribution in [-0.2, 0) is 12.5 Å². The van der Waals surface area contributed by atoms with E-state index in [1.165, 1.54) is 62.8 Å². The van der Waals surface area contributed by atoms with Crippen LogP contribution in [0, 0.1) is 46.6 Å². The summed E-state index contributed by atoms with van der Waals surface area (Å²) in [5.41, 5.74) is -0.402. The molecule has 0 bridgehead atoms. The predicted octanol–water partition coefficient (Wildman–Crippen LogP) is 12.4. The Balaban J connectivity index is 1.18. The van der Waals surface area contributed by atoms with Crippen molar-refractivity contribution >= 4 is 6.08 Å². The molecule has 0 radical (unpaired) electrons. The normalized spacial score (nSPS) is 16.7. The number of benzene rings is 3. The maximum atomic E-state index is 15.0. The lowest BCUT2D eigenvalue weighted by atomic mass is 9.77. The van der Waals surface area contributed by atoms with Gasteiger partial charge in [-0.2, -0.15) is 8.78 Å². The molecular weight excluding hydrogens is 669 g/mol. The molecule has 1 aliphatic carbocycles. The molecule has 0 amide bonds. The third-order valence-electron chi connectivity index (χ3n) is 9.18. The molecule has 1 heterocycles. The Hall–Kier alpha value is -4.28. The highest BCUT2D eigenvalue weighted by Gasteiger charge is 2.41. The van der Waals surface area contributed by atoms with E-state index in [1.807, 2.05) is 6.07 Å². The summed E-state index contributed by atoms with van der Waals surface area (Å²) in [6.45, 7) is 2.21. The van der Waals surface area contributed by atoms with Gasteiger partial charge >= 0.3 is 6.11 Å². The van der Waals surface area contributed by atoms with E-state index < -0.39 is 58.1 Å². The van der Waals surface area contributed by atoms with Crippen LogP contribution >= 0.6 is 0 Å². The topological polar surface area (TPSA) is 22.1 Å². The summed E-state index contributed by atoms with van der Waals surface area (Å²) >= 11 is 0. The summed E-state index contributed by atoms with van der Waals surface area (Å²) in [5.74, 6) is -10.7. The van der Waals surface area contributed by atoms with Gasteiger partial charge in [0.15, 0.2) is 17.5 Å². The summed E-state index contributed by atoms with van der Waals surface area (Å²) in [5, 5.41) is 0. The highest BCUT2D eigenvalue weighted by atomic mass is 19.3. The minimum atomic E-state index is -4.71. The predicted molar refractivity (Wildman–Crippen MR) is 173 cm³/mol. The third kappa shape index (κ3) is 8.89. The number of allylic oxidation sites excluding steroid dienone is 1. The molecule has 4 aromatic rings. The van der Waals surface area contributed by atoms with E-state index in [-0.39, 0.29) is 41.7 Å². The Bertz CT molecular complexity index is 1750. The van der Waals surface area contributed by atoms with Crippen LogP contribution in [0.1, 0.15) is 92.9 Å². The van der Waals surface area contributed by atoms with Gasteiger partial charge in [0.25, 0.3) is 0 Å². The highest BCUT2D eigenvalue weighted by molar-refractivity contribution is 5.63. The highest BCUT2D eigenvalue weighted by Crippen LogP contribution is 2.39. The third-order valence-corrected chi connectivity index (χ3v) is 9.18. The first-order valence-corrected chi connectivity index (χ1v) is 16.7. The molecule has 1 fully saturated rings. The number of pyridine rings is 1.